The molecule has 0 saturated carbocycles. The highest BCUT2D eigenvalue weighted by molar-refractivity contribution is 7.99. The van der Waals surface area contributed by atoms with Gasteiger partial charge in [0.05, 0.1) is 17.9 Å². The molecule has 0 aliphatic rings. The van der Waals surface area contributed by atoms with E-state index < -0.39 is 0 Å². The van der Waals surface area contributed by atoms with E-state index in [-0.39, 0.29) is 22.9 Å². The fraction of sp³-hybridized carbons (Fsp3) is 0.300. The van der Waals surface area contributed by atoms with E-state index in [4.69, 9.17) is 0 Å². The molecule has 0 spiro atoms. The third-order valence-corrected chi connectivity index (χ3v) is 5.08. The van der Waals surface area contributed by atoms with Crippen LogP contribution in [0.2, 0.25) is 0 Å². The molecule has 26 heavy (non-hydrogen) atoms. The van der Waals surface area contributed by atoms with Crippen LogP contribution in [0.15, 0.2) is 48.5 Å². The number of ether oxygens (including phenoxy) is 1. The Balaban J connectivity index is 1.72. The predicted molar refractivity (Wildman–Crippen MR) is 102 cm³/mol. The predicted octanol–water partition coefficient (Wildman–Crippen LogP) is 3.59. The molecule has 0 fully saturated rings. The van der Waals surface area contributed by atoms with Crippen molar-refractivity contribution in [2.75, 3.05) is 13.7 Å². The summed E-state index contributed by atoms with van der Waals surface area (Å²) < 4.78 is 17.5. The van der Waals surface area contributed by atoms with Gasteiger partial charge in [-0.3, -0.25) is 4.79 Å². The maximum absolute atomic E-state index is 12.9. The Kier molecular flexibility index (Phi) is 7.66. The topological polar surface area (TPSA) is 55.4 Å². The molecule has 0 aliphatic heterocycles. The smallest absolute Gasteiger partial charge is 0.337 e. The van der Waals surface area contributed by atoms with Gasteiger partial charge in [0.2, 0.25) is 5.91 Å². The number of amides is 1. The molecule has 2 rings (SSSR count). The molecule has 1 N–H and O–H groups in total. The van der Waals surface area contributed by atoms with Gasteiger partial charge >= 0.3 is 5.97 Å². The van der Waals surface area contributed by atoms with E-state index in [1.165, 1.54) is 31.0 Å². The molecule has 4 nitrogen and oxygen atoms in total. The summed E-state index contributed by atoms with van der Waals surface area (Å²) in [4.78, 5) is 23.5. The lowest BCUT2D eigenvalue weighted by Crippen LogP contribution is -2.32. The van der Waals surface area contributed by atoms with Crippen LogP contribution in [0.5, 0.6) is 0 Å². The summed E-state index contributed by atoms with van der Waals surface area (Å²) in [6.45, 7) is 2.38. The molecule has 0 saturated heterocycles. The summed E-state index contributed by atoms with van der Waals surface area (Å²) in [7, 11) is 1.35. The molecule has 0 aliphatic carbocycles. The van der Waals surface area contributed by atoms with Gasteiger partial charge in [-0.15, -0.1) is 11.8 Å². The highest BCUT2D eigenvalue weighted by atomic mass is 32.2. The molecule has 0 heterocycles. The third kappa shape index (κ3) is 6.19. The molecule has 0 bridgehead atoms. The van der Waals surface area contributed by atoms with Crippen LogP contribution >= 0.6 is 11.8 Å². The number of hydrogen-bond acceptors (Lipinski definition) is 4. The number of esters is 1. The Morgan fingerprint density at radius 3 is 2.31 bits per heavy atom. The van der Waals surface area contributed by atoms with E-state index in [2.05, 4.69) is 10.1 Å². The number of carbonyl (C=O) groups excluding carboxylic acids is 2. The molecule has 2 aromatic carbocycles. The SMILES string of the molecule is COC(=O)c1ccc(CSC(C)C(=O)NCCc2ccc(F)cc2)cc1. The van der Waals surface area contributed by atoms with Gasteiger partial charge in [0, 0.05) is 12.3 Å². The van der Waals surface area contributed by atoms with Gasteiger partial charge in [0.15, 0.2) is 0 Å². The summed E-state index contributed by atoms with van der Waals surface area (Å²) in [5, 5.41) is 2.71. The monoisotopic (exact) mass is 375 g/mol. The third-order valence-electron chi connectivity index (χ3n) is 3.87. The first-order valence-electron chi connectivity index (χ1n) is 8.30. The van der Waals surface area contributed by atoms with Gasteiger partial charge in [-0.25, -0.2) is 9.18 Å². The van der Waals surface area contributed by atoms with E-state index in [0.717, 1.165) is 11.1 Å². The minimum absolute atomic E-state index is 0.0247. The van der Waals surface area contributed by atoms with Crippen LogP contribution in [-0.4, -0.2) is 30.8 Å². The minimum Gasteiger partial charge on any atom is -0.465 e. The van der Waals surface area contributed by atoms with Gasteiger partial charge in [0.25, 0.3) is 0 Å². The van der Waals surface area contributed by atoms with E-state index >= 15 is 0 Å². The largest absolute Gasteiger partial charge is 0.465 e. The van der Waals surface area contributed by atoms with Crippen molar-refractivity contribution in [2.45, 2.75) is 24.3 Å². The lowest BCUT2D eigenvalue weighted by Gasteiger charge is -2.12. The van der Waals surface area contributed by atoms with Crippen molar-refractivity contribution >= 4 is 23.6 Å². The summed E-state index contributed by atoms with van der Waals surface area (Å²) in [5.41, 5.74) is 2.53. The average molecular weight is 375 g/mol. The van der Waals surface area contributed by atoms with E-state index in [1.54, 1.807) is 24.3 Å². The molecular formula is C20H22FNO3S. The summed E-state index contributed by atoms with van der Waals surface area (Å²) in [5.74, 6) is 0.0254. The first-order valence-corrected chi connectivity index (χ1v) is 9.35. The van der Waals surface area contributed by atoms with Crippen LogP contribution in [0.25, 0.3) is 0 Å². The van der Waals surface area contributed by atoms with E-state index in [9.17, 15) is 14.0 Å². The molecule has 1 unspecified atom stereocenters. The molecule has 1 amide bonds. The number of thioether (sulfide) groups is 1. The van der Waals surface area contributed by atoms with Crippen LogP contribution in [0.3, 0.4) is 0 Å². The van der Waals surface area contributed by atoms with Crippen LogP contribution < -0.4 is 5.32 Å². The van der Waals surface area contributed by atoms with Gasteiger partial charge in [-0.2, -0.15) is 0 Å². The van der Waals surface area contributed by atoms with Crippen molar-refractivity contribution in [3.8, 4) is 0 Å². The average Bonchev–Trinajstić information content (AvgIpc) is 2.67. The zero-order valence-electron chi connectivity index (χ0n) is 14.8. The number of hydrogen-bond donors (Lipinski definition) is 1. The zero-order chi connectivity index (χ0) is 18.9. The Morgan fingerprint density at radius 1 is 1.08 bits per heavy atom. The lowest BCUT2D eigenvalue weighted by molar-refractivity contribution is -0.120. The van der Waals surface area contributed by atoms with Gasteiger partial charge in [-0.1, -0.05) is 24.3 Å². The highest BCUT2D eigenvalue weighted by Gasteiger charge is 2.13. The summed E-state index contributed by atoms with van der Waals surface area (Å²) in [6, 6.07) is 13.4. The second kappa shape index (κ2) is 9.97. The Hall–Kier alpha value is -2.34. The number of nitrogens with one attached hydrogen (secondary N) is 1. The number of benzene rings is 2. The normalized spacial score (nSPS) is 11.7. The second-order valence-corrected chi connectivity index (χ2v) is 7.14. The number of carbonyl (C=O) groups is 2. The molecule has 6 heteroatoms. The summed E-state index contributed by atoms with van der Waals surface area (Å²) in [6.07, 6.45) is 0.665. The van der Waals surface area contributed by atoms with Crippen LogP contribution in [0.4, 0.5) is 4.39 Å². The van der Waals surface area contributed by atoms with Gasteiger partial charge in [0.1, 0.15) is 5.82 Å². The van der Waals surface area contributed by atoms with Crippen LogP contribution in [0.1, 0.15) is 28.4 Å². The Labute approximate surface area is 157 Å². The van der Waals surface area contributed by atoms with E-state index in [0.29, 0.717) is 24.3 Å². The minimum atomic E-state index is -0.363. The summed E-state index contributed by atoms with van der Waals surface area (Å²) >= 11 is 1.53. The first-order chi connectivity index (χ1) is 12.5. The number of halogens is 1. The molecule has 138 valence electrons. The van der Waals surface area contributed by atoms with Crippen molar-refractivity contribution in [3.63, 3.8) is 0 Å². The molecule has 1 atom stereocenters. The van der Waals surface area contributed by atoms with Crippen LogP contribution in [0, 0.1) is 5.82 Å². The molecule has 2 aromatic rings. The maximum atomic E-state index is 12.9. The Morgan fingerprint density at radius 2 is 1.69 bits per heavy atom. The van der Waals surface area contributed by atoms with Crippen molar-refractivity contribution in [1.82, 2.24) is 5.32 Å². The first kappa shape index (κ1) is 20.0. The highest BCUT2D eigenvalue weighted by Crippen LogP contribution is 2.18. The quantitative estimate of drug-likeness (QED) is 0.717. The van der Waals surface area contributed by atoms with Crippen molar-refractivity contribution in [3.05, 3.63) is 71.0 Å². The lowest BCUT2D eigenvalue weighted by atomic mass is 10.1. The fourth-order valence-corrected chi connectivity index (χ4v) is 3.15. The number of methoxy groups -OCH3 is 1. The number of rotatable bonds is 8. The standard InChI is InChI=1S/C20H22FNO3S/c1-14(19(23)22-12-11-15-5-9-18(21)10-6-15)26-13-16-3-7-17(8-4-16)20(24)25-2/h3-10,14H,11-13H2,1-2H3,(H,22,23). The van der Waals surface area contributed by atoms with Crippen molar-refractivity contribution < 1.29 is 18.7 Å². The second-order valence-electron chi connectivity index (χ2n) is 5.81. The fourth-order valence-electron chi connectivity index (χ4n) is 2.28. The van der Waals surface area contributed by atoms with Crippen molar-refractivity contribution in [2.24, 2.45) is 0 Å². The van der Waals surface area contributed by atoms with Gasteiger partial charge < -0.3 is 10.1 Å². The zero-order valence-corrected chi connectivity index (χ0v) is 15.6. The molecule has 0 radical (unpaired) electrons. The molecule has 0 aromatic heterocycles. The van der Waals surface area contributed by atoms with E-state index in [1.807, 2.05) is 19.1 Å². The Bertz CT molecular complexity index is 732. The van der Waals surface area contributed by atoms with Crippen molar-refractivity contribution in [1.29, 1.82) is 0 Å². The molecular weight excluding hydrogens is 353 g/mol. The van der Waals surface area contributed by atoms with Crippen LogP contribution in [-0.2, 0) is 21.7 Å². The maximum Gasteiger partial charge on any atom is 0.337 e. The van der Waals surface area contributed by atoms with Gasteiger partial charge in [-0.05, 0) is 48.7 Å².